The van der Waals surface area contributed by atoms with E-state index in [0.29, 0.717) is 0 Å². The van der Waals surface area contributed by atoms with Crippen LogP contribution in [0, 0.1) is 0 Å². The molecule has 0 aliphatic carbocycles. The van der Waals surface area contributed by atoms with Crippen LogP contribution in [0.3, 0.4) is 0 Å². The predicted molar refractivity (Wildman–Crippen MR) is 78.9 cm³/mol. The first-order valence-electron chi connectivity index (χ1n) is 6.29. The Morgan fingerprint density at radius 2 is 1.89 bits per heavy atom. The molecule has 0 saturated heterocycles. The van der Waals surface area contributed by atoms with Gasteiger partial charge in [0.05, 0.1) is 6.04 Å². The fraction of sp³-hybridized carbons (Fsp3) is 0.333. The molecule has 1 aromatic heterocycles. The summed E-state index contributed by atoms with van der Waals surface area (Å²) in [5.41, 5.74) is 2.51. The molecule has 1 aromatic carbocycles. The van der Waals surface area contributed by atoms with Crippen molar-refractivity contribution >= 4 is 21.6 Å². The molecule has 2 rings (SSSR count). The van der Waals surface area contributed by atoms with Gasteiger partial charge in [0, 0.05) is 5.69 Å². The first kappa shape index (κ1) is 13.2. The molecule has 0 spiro atoms. The summed E-state index contributed by atoms with van der Waals surface area (Å²) in [6.45, 7) is 4.29. The molecule has 0 aliphatic rings. The van der Waals surface area contributed by atoms with Crippen LogP contribution in [0.5, 0.6) is 0 Å². The number of rotatable bonds is 5. The van der Waals surface area contributed by atoms with Gasteiger partial charge in [0.1, 0.15) is 5.76 Å². The second-order valence-corrected chi connectivity index (χ2v) is 5.24. The molecule has 0 bridgehead atoms. The van der Waals surface area contributed by atoms with Crippen LogP contribution < -0.4 is 5.32 Å². The van der Waals surface area contributed by atoms with Gasteiger partial charge in [-0.15, -0.1) is 0 Å². The minimum atomic E-state index is 0.160. The average molecular weight is 308 g/mol. The molecule has 2 nitrogen and oxygen atoms in total. The van der Waals surface area contributed by atoms with Crippen molar-refractivity contribution in [3.63, 3.8) is 0 Å². The first-order valence-corrected chi connectivity index (χ1v) is 7.09. The smallest absolute Gasteiger partial charge is 0.169 e. The third-order valence-electron chi connectivity index (χ3n) is 2.90. The molecule has 1 heterocycles. The third-order valence-corrected chi connectivity index (χ3v) is 3.32. The standard InChI is InChI=1S/C15H18BrNO/c1-3-4-12-5-7-13(8-6-12)17-11(2)14-9-10-15(16)18-14/h5-11,17H,3-4H2,1-2H3. The number of benzene rings is 1. The predicted octanol–water partition coefficient (Wildman–Crippen LogP) is 5.17. The van der Waals surface area contributed by atoms with Crippen molar-refractivity contribution in [1.82, 2.24) is 0 Å². The van der Waals surface area contributed by atoms with Gasteiger partial charge in [-0.1, -0.05) is 25.5 Å². The quantitative estimate of drug-likeness (QED) is 0.824. The third kappa shape index (κ3) is 3.39. The van der Waals surface area contributed by atoms with Crippen LogP contribution >= 0.6 is 15.9 Å². The average Bonchev–Trinajstić information content (AvgIpc) is 2.79. The van der Waals surface area contributed by atoms with Crippen LogP contribution in [0.15, 0.2) is 45.5 Å². The van der Waals surface area contributed by atoms with E-state index in [-0.39, 0.29) is 6.04 Å². The molecule has 0 aliphatic heterocycles. The molecule has 1 N–H and O–H groups in total. The molecule has 1 unspecified atom stereocenters. The molecule has 0 saturated carbocycles. The Morgan fingerprint density at radius 3 is 2.44 bits per heavy atom. The van der Waals surface area contributed by atoms with Crippen LogP contribution in [-0.2, 0) is 6.42 Å². The van der Waals surface area contributed by atoms with E-state index in [4.69, 9.17) is 4.42 Å². The topological polar surface area (TPSA) is 25.2 Å². The minimum Gasteiger partial charge on any atom is -0.452 e. The molecule has 0 radical (unpaired) electrons. The summed E-state index contributed by atoms with van der Waals surface area (Å²) in [4.78, 5) is 0. The summed E-state index contributed by atoms with van der Waals surface area (Å²) >= 11 is 3.32. The van der Waals surface area contributed by atoms with Gasteiger partial charge in [-0.3, -0.25) is 0 Å². The number of nitrogens with one attached hydrogen (secondary N) is 1. The number of halogens is 1. The van der Waals surface area contributed by atoms with Crippen molar-refractivity contribution in [3.8, 4) is 0 Å². The first-order chi connectivity index (χ1) is 8.69. The summed E-state index contributed by atoms with van der Waals surface area (Å²) in [5.74, 6) is 0.930. The maximum absolute atomic E-state index is 5.53. The Morgan fingerprint density at radius 1 is 1.17 bits per heavy atom. The van der Waals surface area contributed by atoms with E-state index in [2.05, 4.69) is 59.4 Å². The van der Waals surface area contributed by atoms with Crippen LogP contribution in [0.25, 0.3) is 0 Å². The van der Waals surface area contributed by atoms with Gasteiger partial charge in [0.2, 0.25) is 0 Å². The minimum absolute atomic E-state index is 0.160. The molecule has 0 amide bonds. The Labute approximate surface area is 117 Å². The zero-order chi connectivity index (χ0) is 13.0. The molecule has 96 valence electrons. The largest absolute Gasteiger partial charge is 0.452 e. The Kier molecular flexibility index (Phi) is 4.48. The second kappa shape index (κ2) is 6.10. The summed E-state index contributed by atoms with van der Waals surface area (Å²) in [6.07, 6.45) is 2.32. The number of hydrogen-bond acceptors (Lipinski definition) is 2. The van der Waals surface area contributed by atoms with Gasteiger partial charge in [-0.2, -0.15) is 0 Å². The second-order valence-electron chi connectivity index (χ2n) is 4.45. The normalized spacial score (nSPS) is 12.4. The molecule has 0 fully saturated rings. The monoisotopic (exact) mass is 307 g/mol. The molecule has 3 heteroatoms. The number of furan rings is 1. The fourth-order valence-electron chi connectivity index (χ4n) is 1.94. The lowest BCUT2D eigenvalue weighted by molar-refractivity contribution is 0.471. The number of aryl methyl sites for hydroxylation is 1. The molecule has 18 heavy (non-hydrogen) atoms. The Balaban J connectivity index is 2.00. The molecule has 1 atom stereocenters. The van der Waals surface area contributed by atoms with Gasteiger partial charge in [0.15, 0.2) is 4.67 Å². The van der Waals surface area contributed by atoms with Crippen molar-refractivity contribution in [2.75, 3.05) is 5.32 Å². The lowest BCUT2D eigenvalue weighted by Crippen LogP contribution is -2.05. The zero-order valence-electron chi connectivity index (χ0n) is 10.7. The Bertz CT molecular complexity index is 489. The van der Waals surface area contributed by atoms with E-state index in [1.54, 1.807) is 0 Å². The molecular formula is C15H18BrNO. The maximum Gasteiger partial charge on any atom is 0.169 e. The van der Waals surface area contributed by atoms with Gasteiger partial charge in [-0.05, 0) is 59.1 Å². The van der Waals surface area contributed by atoms with E-state index in [1.165, 1.54) is 12.0 Å². The highest BCUT2D eigenvalue weighted by Crippen LogP contribution is 2.23. The zero-order valence-corrected chi connectivity index (χ0v) is 12.3. The van der Waals surface area contributed by atoms with Crippen molar-refractivity contribution in [2.24, 2.45) is 0 Å². The lowest BCUT2D eigenvalue weighted by Gasteiger charge is -2.13. The van der Waals surface area contributed by atoms with E-state index in [0.717, 1.165) is 22.5 Å². The van der Waals surface area contributed by atoms with Crippen LogP contribution in [-0.4, -0.2) is 0 Å². The summed E-state index contributed by atoms with van der Waals surface area (Å²) in [6, 6.07) is 12.7. The van der Waals surface area contributed by atoms with Crippen molar-refractivity contribution in [2.45, 2.75) is 32.7 Å². The van der Waals surface area contributed by atoms with Gasteiger partial charge < -0.3 is 9.73 Å². The highest BCUT2D eigenvalue weighted by molar-refractivity contribution is 9.10. The number of hydrogen-bond donors (Lipinski definition) is 1. The molecular weight excluding hydrogens is 290 g/mol. The van der Waals surface area contributed by atoms with E-state index < -0.39 is 0 Å². The van der Waals surface area contributed by atoms with Crippen molar-refractivity contribution in [1.29, 1.82) is 0 Å². The van der Waals surface area contributed by atoms with Gasteiger partial charge >= 0.3 is 0 Å². The molecule has 2 aromatic rings. The van der Waals surface area contributed by atoms with E-state index >= 15 is 0 Å². The lowest BCUT2D eigenvalue weighted by atomic mass is 10.1. The highest BCUT2D eigenvalue weighted by Gasteiger charge is 2.09. The van der Waals surface area contributed by atoms with Crippen LogP contribution in [0.1, 0.15) is 37.6 Å². The van der Waals surface area contributed by atoms with E-state index in [1.807, 2.05) is 12.1 Å². The van der Waals surface area contributed by atoms with E-state index in [9.17, 15) is 0 Å². The van der Waals surface area contributed by atoms with Crippen LogP contribution in [0.4, 0.5) is 5.69 Å². The summed E-state index contributed by atoms with van der Waals surface area (Å²) < 4.78 is 6.30. The Hall–Kier alpha value is -1.22. The van der Waals surface area contributed by atoms with Crippen molar-refractivity contribution in [3.05, 3.63) is 52.4 Å². The summed E-state index contributed by atoms with van der Waals surface area (Å²) in [5, 5.41) is 3.43. The van der Waals surface area contributed by atoms with Crippen LogP contribution in [0.2, 0.25) is 0 Å². The highest BCUT2D eigenvalue weighted by atomic mass is 79.9. The maximum atomic E-state index is 5.53. The number of anilines is 1. The SMILES string of the molecule is CCCc1ccc(NC(C)c2ccc(Br)o2)cc1. The van der Waals surface area contributed by atoms with Gasteiger partial charge in [0.25, 0.3) is 0 Å². The van der Waals surface area contributed by atoms with Crippen molar-refractivity contribution < 1.29 is 4.42 Å². The summed E-state index contributed by atoms with van der Waals surface area (Å²) in [7, 11) is 0. The van der Waals surface area contributed by atoms with Gasteiger partial charge in [-0.25, -0.2) is 0 Å². The fourth-order valence-corrected chi connectivity index (χ4v) is 2.26.